The van der Waals surface area contributed by atoms with Gasteiger partial charge in [-0.3, -0.25) is 4.79 Å². The van der Waals surface area contributed by atoms with Crippen LogP contribution in [0, 0.1) is 18.3 Å². The highest BCUT2D eigenvalue weighted by Crippen LogP contribution is 2.18. The van der Waals surface area contributed by atoms with Crippen LogP contribution in [0.25, 0.3) is 0 Å². The van der Waals surface area contributed by atoms with E-state index in [1.807, 2.05) is 24.3 Å². The number of unbranched alkanes of at least 4 members (excludes halogenated alkanes) is 1. The lowest BCUT2D eigenvalue weighted by Gasteiger charge is -2.11. The third kappa shape index (κ3) is 5.06. The van der Waals surface area contributed by atoms with Gasteiger partial charge in [0.05, 0.1) is 5.92 Å². The highest BCUT2D eigenvalue weighted by atomic mass is 79.9. The second kappa shape index (κ2) is 7.13. The summed E-state index contributed by atoms with van der Waals surface area (Å²) in [6, 6.07) is 7.75. The molecule has 90 valence electrons. The Morgan fingerprint density at radius 1 is 1.53 bits per heavy atom. The van der Waals surface area contributed by atoms with Crippen LogP contribution in [0.1, 0.15) is 24.8 Å². The van der Waals surface area contributed by atoms with E-state index >= 15 is 0 Å². The lowest BCUT2D eigenvalue weighted by Crippen LogP contribution is -2.16. The molecule has 0 heterocycles. The summed E-state index contributed by atoms with van der Waals surface area (Å²) in [7, 11) is 0. The second-order valence-electron chi connectivity index (χ2n) is 3.97. The van der Waals surface area contributed by atoms with Crippen molar-refractivity contribution in [2.24, 2.45) is 5.92 Å². The van der Waals surface area contributed by atoms with E-state index in [1.54, 1.807) is 0 Å². The van der Waals surface area contributed by atoms with Crippen LogP contribution in [0.4, 0.5) is 0 Å². The van der Waals surface area contributed by atoms with Gasteiger partial charge in [-0.15, -0.1) is 12.3 Å². The summed E-state index contributed by atoms with van der Waals surface area (Å²) >= 11 is 3.38. The van der Waals surface area contributed by atoms with E-state index in [9.17, 15) is 4.79 Å². The maximum atomic E-state index is 11.1. The van der Waals surface area contributed by atoms with Crippen molar-refractivity contribution in [1.82, 2.24) is 0 Å². The van der Waals surface area contributed by atoms with E-state index in [4.69, 9.17) is 11.5 Å². The molecule has 0 aliphatic heterocycles. The summed E-state index contributed by atoms with van der Waals surface area (Å²) in [6.45, 7) is 0. The van der Waals surface area contributed by atoms with E-state index in [1.165, 1.54) is 0 Å². The number of aliphatic carboxylic acids is 1. The van der Waals surface area contributed by atoms with Crippen molar-refractivity contribution in [3.05, 3.63) is 34.3 Å². The average Bonchev–Trinajstić information content (AvgIpc) is 2.28. The fraction of sp³-hybridized carbons (Fsp3) is 0.357. The van der Waals surface area contributed by atoms with Gasteiger partial charge >= 0.3 is 5.97 Å². The molecule has 17 heavy (non-hydrogen) atoms. The van der Waals surface area contributed by atoms with Crippen LogP contribution in [0.5, 0.6) is 0 Å². The van der Waals surface area contributed by atoms with Gasteiger partial charge in [0, 0.05) is 10.9 Å². The van der Waals surface area contributed by atoms with E-state index in [2.05, 4.69) is 21.9 Å². The van der Waals surface area contributed by atoms with E-state index < -0.39 is 5.97 Å². The highest BCUT2D eigenvalue weighted by Gasteiger charge is 2.17. The van der Waals surface area contributed by atoms with Crippen LogP contribution in [0.15, 0.2) is 28.7 Å². The molecule has 0 bridgehead atoms. The molecule has 0 fully saturated rings. The molecule has 1 atom stereocenters. The van der Waals surface area contributed by atoms with Gasteiger partial charge in [0.15, 0.2) is 0 Å². The number of rotatable bonds is 6. The molecule has 1 rings (SSSR count). The van der Waals surface area contributed by atoms with E-state index in [-0.39, 0.29) is 5.92 Å². The van der Waals surface area contributed by atoms with Gasteiger partial charge in [-0.1, -0.05) is 28.1 Å². The molecule has 1 aromatic carbocycles. The largest absolute Gasteiger partial charge is 0.481 e. The Morgan fingerprint density at radius 2 is 2.29 bits per heavy atom. The highest BCUT2D eigenvalue weighted by molar-refractivity contribution is 9.10. The smallest absolute Gasteiger partial charge is 0.306 e. The quantitative estimate of drug-likeness (QED) is 0.644. The number of carbonyl (C=O) groups is 1. The third-order valence-corrected chi connectivity index (χ3v) is 3.09. The molecule has 0 spiro atoms. The number of hydrogen-bond acceptors (Lipinski definition) is 1. The van der Waals surface area contributed by atoms with Gasteiger partial charge in [0.2, 0.25) is 0 Å². The first kappa shape index (κ1) is 13.8. The summed E-state index contributed by atoms with van der Waals surface area (Å²) in [6.07, 6.45) is 7.75. The Balaban J connectivity index is 2.61. The van der Waals surface area contributed by atoms with Crippen molar-refractivity contribution in [1.29, 1.82) is 0 Å². The van der Waals surface area contributed by atoms with Crippen LogP contribution in [-0.4, -0.2) is 11.1 Å². The molecule has 1 N–H and O–H groups in total. The Kier molecular flexibility index (Phi) is 5.79. The minimum atomic E-state index is -0.748. The van der Waals surface area contributed by atoms with Crippen LogP contribution in [0.2, 0.25) is 0 Å². The maximum absolute atomic E-state index is 11.1. The van der Waals surface area contributed by atoms with Crippen LogP contribution >= 0.6 is 15.9 Å². The zero-order chi connectivity index (χ0) is 12.7. The molecule has 0 aliphatic rings. The monoisotopic (exact) mass is 294 g/mol. The van der Waals surface area contributed by atoms with Gasteiger partial charge < -0.3 is 5.11 Å². The number of hydrogen-bond donors (Lipinski definition) is 1. The molecule has 0 saturated heterocycles. The average molecular weight is 295 g/mol. The first-order chi connectivity index (χ1) is 8.13. The first-order valence-corrected chi connectivity index (χ1v) is 6.33. The lowest BCUT2D eigenvalue weighted by molar-refractivity contribution is -0.141. The van der Waals surface area contributed by atoms with Crippen LogP contribution in [-0.2, 0) is 11.2 Å². The number of terminal acetylenes is 1. The molecule has 1 unspecified atom stereocenters. The molecular formula is C14H15BrO2. The Morgan fingerprint density at radius 3 is 2.88 bits per heavy atom. The Hall–Kier alpha value is -1.27. The fourth-order valence-corrected chi connectivity index (χ4v) is 2.16. The van der Waals surface area contributed by atoms with Gasteiger partial charge in [-0.05, 0) is 37.0 Å². The van der Waals surface area contributed by atoms with Crippen molar-refractivity contribution in [3.8, 4) is 12.3 Å². The SMILES string of the molecule is C#CCCCC(Cc1cccc(Br)c1)C(=O)O. The molecule has 3 heteroatoms. The van der Waals surface area contributed by atoms with Crippen molar-refractivity contribution in [3.63, 3.8) is 0 Å². The molecule has 0 amide bonds. The predicted octanol–water partition coefficient (Wildman–Crippen LogP) is 3.50. The standard InChI is InChI=1S/C14H15BrO2/c1-2-3-4-7-12(14(16)17)9-11-6-5-8-13(15)10-11/h1,5-6,8,10,12H,3-4,7,9H2,(H,16,17). The normalized spacial score (nSPS) is 11.8. The summed E-state index contributed by atoms with van der Waals surface area (Å²) < 4.78 is 0.975. The maximum Gasteiger partial charge on any atom is 0.306 e. The van der Waals surface area contributed by atoms with Gasteiger partial charge in [0.25, 0.3) is 0 Å². The zero-order valence-electron chi connectivity index (χ0n) is 9.53. The summed E-state index contributed by atoms with van der Waals surface area (Å²) in [4.78, 5) is 11.1. The topological polar surface area (TPSA) is 37.3 Å². The molecule has 0 radical (unpaired) electrons. The summed E-state index contributed by atoms with van der Waals surface area (Å²) in [5, 5.41) is 9.14. The zero-order valence-corrected chi connectivity index (χ0v) is 11.1. The molecular weight excluding hydrogens is 280 g/mol. The van der Waals surface area contributed by atoms with E-state index in [0.29, 0.717) is 19.3 Å². The second-order valence-corrected chi connectivity index (χ2v) is 4.88. The summed E-state index contributed by atoms with van der Waals surface area (Å²) in [5.74, 6) is 1.44. The van der Waals surface area contributed by atoms with Crippen LogP contribution < -0.4 is 0 Å². The van der Waals surface area contributed by atoms with Gasteiger partial charge in [-0.2, -0.15) is 0 Å². The fourth-order valence-electron chi connectivity index (χ4n) is 1.71. The van der Waals surface area contributed by atoms with Crippen molar-refractivity contribution in [2.45, 2.75) is 25.7 Å². The molecule has 0 aliphatic carbocycles. The Labute approximate surface area is 110 Å². The number of benzene rings is 1. The van der Waals surface area contributed by atoms with Gasteiger partial charge in [0.1, 0.15) is 0 Å². The van der Waals surface area contributed by atoms with Gasteiger partial charge in [-0.25, -0.2) is 0 Å². The molecule has 2 nitrogen and oxygen atoms in total. The van der Waals surface area contributed by atoms with Crippen LogP contribution in [0.3, 0.4) is 0 Å². The molecule has 0 aromatic heterocycles. The minimum Gasteiger partial charge on any atom is -0.481 e. The minimum absolute atomic E-state index is 0.349. The molecule has 1 aromatic rings. The third-order valence-electron chi connectivity index (χ3n) is 2.59. The van der Waals surface area contributed by atoms with Crippen molar-refractivity contribution < 1.29 is 9.90 Å². The lowest BCUT2D eigenvalue weighted by atomic mass is 9.94. The van der Waals surface area contributed by atoms with Crippen molar-refractivity contribution in [2.75, 3.05) is 0 Å². The summed E-state index contributed by atoms with van der Waals surface area (Å²) in [5.41, 5.74) is 1.03. The molecule has 0 saturated carbocycles. The first-order valence-electron chi connectivity index (χ1n) is 5.54. The Bertz CT molecular complexity index is 420. The number of halogens is 1. The number of carboxylic acid groups (broad SMARTS) is 1. The van der Waals surface area contributed by atoms with E-state index in [0.717, 1.165) is 16.5 Å². The predicted molar refractivity (Wildman–Crippen MR) is 71.7 cm³/mol. The van der Waals surface area contributed by atoms with Crippen molar-refractivity contribution >= 4 is 21.9 Å². The number of carboxylic acids is 1.